The normalized spacial score (nSPS) is 18.9. The van der Waals surface area contributed by atoms with Crippen molar-refractivity contribution in [2.45, 2.75) is 25.4 Å². The number of halogens is 3. The summed E-state index contributed by atoms with van der Waals surface area (Å²) in [5.74, 6) is 0.0653. The van der Waals surface area contributed by atoms with Crippen LogP contribution < -0.4 is 0 Å². The molecule has 118 valence electrons. The number of rotatable bonds is 5. The fourth-order valence-electron chi connectivity index (χ4n) is 2.24. The summed E-state index contributed by atoms with van der Waals surface area (Å²) in [6.07, 6.45) is -3.73. The Morgan fingerprint density at radius 3 is 2.30 bits per heavy atom. The first-order valence-electron chi connectivity index (χ1n) is 6.99. The van der Waals surface area contributed by atoms with E-state index in [-0.39, 0.29) is 12.3 Å². The van der Waals surface area contributed by atoms with E-state index in [0.717, 1.165) is 32.6 Å². The first-order chi connectivity index (χ1) is 9.28. The predicted molar refractivity (Wildman–Crippen MR) is 71.5 cm³/mol. The van der Waals surface area contributed by atoms with Gasteiger partial charge in [0.1, 0.15) is 0 Å². The molecule has 1 aliphatic heterocycles. The van der Waals surface area contributed by atoms with Gasteiger partial charge in [-0.25, -0.2) is 0 Å². The van der Waals surface area contributed by atoms with E-state index in [0.29, 0.717) is 13.1 Å². The van der Waals surface area contributed by atoms with Gasteiger partial charge in [-0.05, 0) is 32.5 Å². The van der Waals surface area contributed by atoms with Gasteiger partial charge in [0.25, 0.3) is 0 Å². The average molecular weight is 295 g/mol. The van der Waals surface area contributed by atoms with Crippen molar-refractivity contribution in [3.05, 3.63) is 0 Å². The first-order valence-corrected chi connectivity index (χ1v) is 6.99. The summed E-state index contributed by atoms with van der Waals surface area (Å²) < 4.78 is 36.3. The highest BCUT2D eigenvalue weighted by molar-refractivity contribution is 5.77. The van der Waals surface area contributed by atoms with Crippen molar-refractivity contribution in [3.8, 4) is 0 Å². The molecule has 1 heterocycles. The lowest BCUT2D eigenvalue weighted by molar-refractivity contribution is -0.136. The molecule has 0 atom stereocenters. The zero-order valence-electron chi connectivity index (χ0n) is 12.2. The molecular formula is C13H24F3N3O. The number of likely N-dealkylation sites (N-methyl/N-ethyl adjacent to an activating group) is 1. The topological polar surface area (TPSA) is 26.8 Å². The van der Waals surface area contributed by atoms with Gasteiger partial charge in [-0.1, -0.05) is 0 Å². The fraction of sp³-hybridized carbons (Fsp3) is 0.923. The number of alkyl halides is 3. The highest BCUT2D eigenvalue weighted by Gasteiger charge is 2.26. The summed E-state index contributed by atoms with van der Waals surface area (Å²) in [6.45, 7) is 3.99. The minimum absolute atomic E-state index is 0.0653. The number of carbonyl (C=O) groups excluding carboxylic acids is 1. The van der Waals surface area contributed by atoms with Crippen LogP contribution in [0.2, 0.25) is 0 Å². The largest absolute Gasteiger partial charge is 0.389 e. The van der Waals surface area contributed by atoms with Crippen LogP contribution in [0.25, 0.3) is 0 Å². The van der Waals surface area contributed by atoms with Crippen LogP contribution in [0.3, 0.4) is 0 Å². The maximum absolute atomic E-state index is 12.1. The lowest BCUT2D eigenvalue weighted by atomic mass is 10.2. The van der Waals surface area contributed by atoms with Crippen molar-refractivity contribution in [2.75, 3.05) is 53.4 Å². The van der Waals surface area contributed by atoms with Crippen LogP contribution in [0.1, 0.15) is 19.3 Å². The third-order valence-corrected chi connectivity index (χ3v) is 3.47. The summed E-state index contributed by atoms with van der Waals surface area (Å²) in [6, 6.07) is 0. The molecule has 1 aliphatic rings. The van der Waals surface area contributed by atoms with Crippen molar-refractivity contribution in [2.24, 2.45) is 0 Å². The molecule has 0 aliphatic carbocycles. The number of hydrogen-bond donors (Lipinski definition) is 0. The van der Waals surface area contributed by atoms with Gasteiger partial charge in [-0.3, -0.25) is 9.69 Å². The second kappa shape index (κ2) is 7.83. The molecule has 4 nitrogen and oxygen atoms in total. The molecular weight excluding hydrogens is 271 g/mol. The molecule has 1 rings (SSSR count). The molecule has 0 spiro atoms. The Morgan fingerprint density at radius 1 is 1.10 bits per heavy atom. The zero-order chi connectivity index (χ0) is 15.2. The molecule has 0 aromatic carbocycles. The van der Waals surface area contributed by atoms with Gasteiger partial charge in [-0.15, -0.1) is 0 Å². The standard InChI is InChI=1S/C13H24F3N3O/c1-17(2)12(20)11-19-8-4-7-18(9-10-19)6-3-5-13(14,15)16/h3-11H2,1-2H3. The van der Waals surface area contributed by atoms with Gasteiger partial charge in [0.2, 0.25) is 5.91 Å². The zero-order valence-corrected chi connectivity index (χ0v) is 12.2. The molecule has 1 amide bonds. The fourth-order valence-corrected chi connectivity index (χ4v) is 2.24. The van der Waals surface area contributed by atoms with Crippen LogP contribution in [0.15, 0.2) is 0 Å². The molecule has 20 heavy (non-hydrogen) atoms. The molecule has 0 aromatic heterocycles. The number of hydrogen-bond acceptors (Lipinski definition) is 3. The maximum atomic E-state index is 12.1. The molecule has 1 saturated heterocycles. The van der Waals surface area contributed by atoms with E-state index in [9.17, 15) is 18.0 Å². The van der Waals surface area contributed by atoms with Crippen molar-refractivity contribution in [1.29, 1.82) is 0 Å². The Morgan fingerprint density at radius 2 is 1.70 bits per heavy atom. The number of carbonyl (C=O) groups is 1. The molecule has 0 bridgehead atoms. The van der Waals surface area contributed by atoms with Crippen LogP contribution >= 0.6 is 0 Å². The van der Waals surface area contributed by atoms with Crippen LogP contribution in [-0.2, 0) is 4.79 Å². The molecule has 0 N–H and O–H groups in total. The van der Waals surface area contributed by atoms with Gasteiger partial charge in [0, 0.05) is 33.6 Å². The van der Waals surface area contributed by atoms with Crippen LogP contribution in [-0.4, -0.2) is 80.1 Å². The van der Waals surface area contributed by atoms with Gasteiger partial charge in [0.05, 0.1) is 6.54 Å². The van der Waals surface area contributed by atoms with Crippen LogP contribution in [0.4, 0.5) is 13.2 Å². The van der Waals surface area contributed by atoms with E-state index in [4.69, 9.17) is 0 Å². The summed E-state index contributed by atoms with van der Waals surface area (Å²) in [7, 11) is 3.45. The Bertz CT molecular complexity index is 308. The number of amides is 1. The quantitative estimate of drug-likeness (QED) is 0.767. The van der Waals surface area contributed by atoms with E-state index in [1.807, 2.05) is 0 Å². The third-order valence-electron chi connectivity index (χ3n) is 3.47. The van der Waals surface area contributed by atoms with E-state index >= 15 is 0 Å². The van der Waals surface area contributed by atoms with E-state index in [1.165, 1.54) is 0 Å². The highest BCUT2D eigenvalue weighted by Crippen LogP contribution is 2.21. The lowest BCUT2D eigenvalue weighted by Gasteiger charge is -2.22. The summed E-state index contributed by atoms with van der Waals surface area (Å²) in [5.41, 5.74) is 0. The van der Waals surface area contributed by atoms with Gasteiger partial charge in [-0.2, -0.15) is 13.2 Å². The minimum Gasteiger partial charge on any atom is -0.348 e. The van der Waals surface area contributed by atoms with Gasteiger partial charge in [0.15, 0.2) is 0 Å². The molecule has 0 unspecified atom stereocenters. The highest BCUT2D eigenvalue weighted by atomic mass is 19.4. The van der Waals surface area contributed by atoms with Crippen molar-refractivity contribution in [3.63, 3.8) is 0 Å². The van der Waals surface area contributed by atoms with Crippen molar-refractivity contribution >= 4 is 5.91 Å². The van der Waals surface area contributed by atoms with Crippen molar-refractivity contribution in [1.82, 2.24) is 14.7 Å². The first kappa shape index (κ1) is 17.2. The van der Waals surface area contributed by atoms with E-state index < -0.39 is 12.6 Å². The van der Waals surface area contributed by atoms with E-state index in [1.54, 1.807) is 19.0 Å². The lowest BCUT2D eigenvalue weighted by Crippen LogP contribution is -2.38. The summed E-state index contributed by atoms with van der Waals surface area (Å²) in [5, 5.41) is 0. The summed E-state index contributed by atoms with van der Waals surface area (Å²) in [4.78, 5) is 17.3. The SMILES string of the molecule is CN(C)C(=O)CN1CCCN(CCCC(F)(F)F)CC1. The molecule has 0 aromatic rings. The second-order valence-electron chi connectivity index (χ2n) is 5.48. The van der Waals surface area contributed by atoms with Gasteiger partial charge < -0.3 is 9.80 Å². The maximum Gasteiger partial charge on any atom is 0.389 e. The molecule has 1 fully saturated rings. The molecule has 0 radical (unpaired) electrons. The Hall–Kier alpha value is -0.820. The number of nitrogens with zero attached hydrogens (tertiary/aromatic N) is 3. The molecule has 0 saturated carbocycles. The van der Waals surface area contributed by atoms with Crippen LogP contribution in [0.5, 0.6) is 0 Å². The Labute approximate surface area is 118 Å². The predicted octanol–water partition coefficient (Wildman–Crippen LogP) is 1.42. The Balaban J connectivity index is 2.27. The smallest absolute Gasteiger partial charge is 0.348 e. The minimum atomic E-state index is -4.06. The average Bonchev–Trinajstić information content (AvgIpc) is 2.53. The third kappa shape index (κ3) is 7.09. The Kier molecular flexibility index (Phi) is 6.75. The monoisotopic (exact) mass is 295 g/mol. The van der Waals surface area contributed by atoms with Gasteiger partial charge >= 0.3 is 6.18 Å². The second-order valence-corrected chi connectivity index (χ2v) is 5.48. The summed E-state index contributed by atoms with van der Waals surface area (Å²) >= 11 is 0. The van der Waals surface area contributed by atoms with Crippen molar-refractivity contribution < 1.29 is 18.0 Å². The molecule has 7 heteroatoms. The van der Waals surface area contributed by atoms with E-state index in [2.05, 4.69) is 9.80 Å². The van der Waals surface area contributed by atoms with Crippen LogP contribution in [0, 0.1) is 0 Å².